The maximum atomic E-state index is 13.1. The summed E-state index contributed by atoms with van der Waals surface area (Å²) >= 11 is 0. The Balaban J connectivity index is 2.19. The number of halogens is 1. The van der Waals surface area contributed by atoms with Crippen LogP contribution in [-0.4, -0.2) is 36.5 Å². The van der Waals surface area contributed by atoms with Crippen LogP contribution in [0.4, 0.5) is 4.39 Å². The van der Waals surface area contributed by atoms with Crippen LogP contribution in [0.2, 0.25) is 0 Å². The van der Waals surface area contributed by atoms with Gasteiger partial charge in [-0.05, 0) is 37.6 Å². The van der Waals surface area contributed by atoms with Gasteiger partial charge in [-0.1, -0.05) is 0 Å². The van der Waals surface area contributed by atoms with Crippen LogP contribution in [0.3, 0.4) is 0 Å². The Bertz CT molecular complexity index is 429. The van der Waals surface area contributed by atoms with Crippen molar-refractivity contribution in [2.24, 2.45) is 0 Å². The van der Waals surface area contributed by atoms with Crippen molar-refractivity contribution in [3.8, 4) is 0 Å². The smallest absolute Gasteiger partial charge is 0.254 e. The molecular weight excluding hydrogens is 219 g/mol. The van der Waals surface area contributed by atoms with E-state index in [0.29, 0.717) is 17.7 Å². The predicted molar refractivity (Wildman–Crippen MR) is 64.5 cm³/mol. The molecule has 0 radical (unpaired) electrons. The SMILES string of the molecule is CCN(C(=O)c1ccc(F)c(C)c1)C1CNC1. The average molecular weight is 236 g/mol. The van der Waals surface area contributed by atoms with Gasteiger partial charge in [0.2, 0.25) is 0 Å². The molecule has 1 aliphatic heterocycles. The van der Waals surface area contributed by atoms with Gasteiger partial charge in [-0.3, -0.25) is 4.79 Å². The maximum absolute atomic E-state index is 13.1. The number of hydrogen-bond donors (Lipinski definition) is 1. The Kier molecular flexibility index (Phi) is 3.43. The number of amides is 1. The van der Waals surface area contributed by atoms with Gasteiger partial charge in [-0.15, -0.1) is 0 Å². The van der Waals surface area contributed by atoms with E-state index in [-0.39, 0.29) is 17.8 Å². The zero-order valence-electron chi connectivity index (χ0n) is 10.2. The topological polar surface area (TPSA) is 32.3 Å². The summed E-state index contributed by atoms with van der Waals surface area (Å²) in [6.45, 7) is 6.01. The number of carbonyl (C=O) groups is 1. The summed E-state index contributed by atoms with van der Waals surface area (Å²) in [5.41, 5.74) is 1.08. The van der Waals surface area contributed by atoms with Crippen LogP contribution in [0, 0.1) is 12.7 Å². The largest absolute Gasteiger partial charge is 0.333 e. The lowest BCUT2D eigenvalue weighted by Crippen LogP contribution is -2.58. The van der Waals surface area contributed by atoms with Gasteiger partial charge in [0, 0.05) is 25.2 Å². The zero-order chi connectivity index (χ0) is 12.4. The highest BCUT2D eigenvalue weighted by Gasteiger charge is 2.27. The van der Waals surface area contributed by atoms with Crippen LogP contribution in [0.1, 0.15) is 22.8 Å². The number of nitrogens with one attached hydrogen (secondary N) is 1. The van der Waals surface area contributed by atoms with Crippen LogP contribution in [-0.2, 0) is 0 Å². The Hall–Kier alpha value is -1.42. The number of hydrogen-bond acceptors (Lipinski definition) is 2. The van der Waals surface area contributed by atoms with E-state index in [1.807, 2.05) is 11.8 Å². The molecule has 2 rings (SSSR count). The lowest BCUT2D eigenvalue weighted by atomic mass is 10.1. The minimum atomic E-state index is -0.269. The van der Waals surface area contributed by atoms with Crippen LogP contribution in [0.5, 0.6) is 0 Å². The van der Waals surface area contributed by atoms with E-state index in [4.69, 9.17) is 0 Å². The zero-order valence-corrected chi connectivity index (χ0v) is 10.2. The van der Waals surface area contributed by atoms with Crippen LogP contribution >= 0.6 is 0 Å². The third-order valence-corrected chi connectivity index (χ3v) is 3.21. The number of benzene rings is 1. The summed E-state index contributed by atoms with van der Waals surface area (Å²) in [7, 11) is 0. The molecule has 1 heterocycles. The number of carbonyl (C=O) groups excluding carboxylic acids is 1. The van der Waals surface area contributed by atoms with E-state index in [1.165, 1.54) is 6.07 Å². The van der Waals surface area contributed by atoms with Crippen molar-refractivity contribution in [1.29, 1.82) is 0 Å². The third kappa shape index (κ3) is 2.31. The second-order valence-corrected chi connectivity index (χ2v) is 4.37. The molecule has 92 valence electrons. The number of likely N-dealkylation sites (N-methyl/N-ethyl adjacent to an activating group) is 1. The highest BCUT2D eigenvalue weighted by Crippen LogP contribution is 2.14. The minimum Gasteiger partial charge on any atom is -0.333 e. The molecule has 17 heavy (non-hydrogen) atoms. The van der Waals surface area contributed by atoms with E-state index in [9.17, 15) is 9.18 Å². The first-order valence-electron chi connectivity index (χ1n) is 5.91. The normalized spacial score (nSPS) is 15.5. The van der Waals surface area contributed by atoms with Crippen LogP contribution in [0.25, 0.3) is 0 Å². The molecule has 3 nitrogen and oxygen atoms in total. The lowest BCUT2D eigenvalue weighted by molar-refractivity contribution is 0.0630. The van der Waals surface area contributed by atoms with Crippen LogP contribution < -0.4 is 5.32 Å². The molecule has 0 aromatic heterocycles. The molecule has 1 amide bonds. The van der Waals surface area contributed by atoms with Gasteiger partial charge in [0.1, 0.15) is 5.82 Å². The molecule has 0 spiro atoms. The summed E-state index contributed by atoms with van der Waals surface area (Å²) in [5, 5.41) is 3.15. The average Bonchev–Trinajstić information content (AvgIpc) is 2.26. The summed E-state index contributed by atoms with van der Waals surface area (Å²) in [6, 6.07) is 4.80. The Morgan fingerprint density at radius 3 is 2.71 bits per heavy atom. The number of rotatable bonds is 3. The van der Waals surface area contributed by atoms with Gasteiger partial charge in [0.15, 0.2) is 0 Å². The van der Waals surface area contributed by atoms with Crippen molar-refractivity contribution in [2.75, 3.05) is 19.6 Å². The van der Waals surface area contributed by atoms with Gasteiger partial charge < -0.3 is 10.2 Å². The highest BCUT2D eigenvalue weighted by molar-refractivity contribution is 5.94. The van der Waals surface area contributed by atoms with Gasteiger partial charge in [-0.25, -0.2) is 4.39 Å². The molecule has 0 aliphatic carbocycles. The van der Waals surface area contributed by atoms with Gasteiger partial charge in [0.25, 0.3) is 5.91 Å². The highest BCUT2D eigenvalue weighted by atomic mass is 19.1. The fraction of sp³-hybridized carbons (Fsp3) is 0.462. The summed E-state index contributed by atoms with van der Waals surface area (Å²) in [5.74, 6) is -0.281. The second-order valence-electron chi connectivity index (χ2n) is 4.37. The van der Waals surface area contributed by atoms with E-state index < -0.39 is 0 Å². The van der Waals surface area contributed by atoms with E-state index in [1.54, 1.807) is 19.1 Å². The fourth-order valence-corrected chi connectivity index (χ4v) is 2.00. The predicted octanol–water partition coefficient (Wildman–Crippen LogP) is 1.57. The fourth-order valence-electron chi connectivity index (χ4n) is 2.00. The molecule has 1 aliphatic rings. The van der Waals surface area contributed by atoms with Crippen molar-refractivity contribution < 1.29 is 9.18 Å². The molecule has 1 saturated heterocycles. The van der Waals surface area contributed by atoms with E-state index >= 15 is 0 Å². The van der Waals surface area contributed by atoms with Crippen molar-refractivity contribution in [3.63, 3.8) is 0 Å². The van der Waals surface area contributed by atoms with E-state index in [0.717, 1.165) is 13.1 Å². The summed E-state index contributed by atoms with van der Waals surface area (Å²) in [6.07, 6.45) is 0. The van der Waals surface area contributed by atoms with Crippen LogP contribution in [0.15, 0.2) is 18.2 Å². The first-order valence-corrected chi connectivity index (χ1v) is 5.91. The molecule has 4 heteroatoms. The lowest BCUT2D eigenvalue weighted by Gasteiger charge is -2.37. The second kappa shape index (κ2) is 4.84. The molecule has 1 N–H and O–H groups in total. The minimum absolute atomic E-state index is 0.0119. The monoisotopic (exact) mass is 236 g/mol. The molecular formula is C13H17FN2O. The molecule has 0 bridgehead atoms. The summed E-state index contributed by atoms with van der Waals surface area (Å²) < 4.78 is 13.1. The van der Waals surface area contributed by atoms with Gasteiger partial charge >= 0.3 is 0 Å². The molecule has 1 aromatic carbocycles. The summed E-state index contributed by atoms with van der Waals surface area (Å²) in [4.78, 5) is 14.1. The molecule has 1 aromatic rings. The molecule has 0 atom stereocenters. The first-order chi connectivity index (χ1) is 8.13. The number of nitrogens with zero attached hydrogens (tertiary/aromatic N) is 1. The van der Waals surface area contributed by atoms with Crippen molar-refractivity contribution >= 4 is 5.91 Å². The standard InChI is InChI=1S/C13H17FN2O/c1-3-16(11-7-15-8-11)13(17)10-4-5-12(14)9(2)6-10/h4-6,11,15H,3,7-8H2,1-2H3. The molecule has 0 unspecified atom stereocenters. The third-order valence-electron chi connectivity index (χ3n) is 3.21. The first kappa shape index (κ1) is 12.0. The van der Waals surface area contributed by atoms with Gasteiger partial charge in [-0.2, -0.15) is 0 Å². The Morgan fingerprint density at radius 2 is 2.24 bits per heavy atom. The van der Waals surface area contributed by atoms with Crippen molar-refractivity contribution in [1.82, 2.24) is 10.2 Å². The van der Waals surface area contributed by atoms with Crippen molar-refractivity contribution in [3.05, 3.63) is 35.1 Å². The Morgan fingerprint density at radius 1 is 1.53 bits per heavy atom. The molecule has 0 saturated carbocycles. The van der Waals surface area contributed by atoms with E-state index in [2.05, 4.69) is 5.32 Å². The Labute approximate surface area is 101 Å². The van der Waals surface area contributed by atoms with Gasteiger partial charge in [0.05, 0.1) is 6.04 Å². The molecule has 1 fully saturated rings. The number of aryl methyl sites for hydroxylation is 1. The maximum Gasteiger partial charge on any atom is 0.254 e. The quantitative estimate of drug-likeness (QED) is 0.864. The van der Waals surface area contributed by atoms with Crippen molar-refractivity contribution in [2.45, 2.75) is 19.9 Å².